The molecule has 4 atom stereocenters. The number of nitrogens with one attached hydrogen (secondary N) is 2. The molecule has 0 spiro atoms. The Bertz CT molecular complexity index is 1340. The molecule has 0 aromatic carbocycles. The van der Waals surface area contributed by atoms with Gasteiger partial charge in [0.25, 0.3) is 0 Å². The van der Waals surface area contributed by atoms with Crippen molar-refractivity contribution >= 4 is 23.9 Å². The highest BCUT2D eigenvalue weighted by atomic mass is 16.2. The second-order valence-electron chi connectivity index (χ2n) is 19.1. The fraction of sp³-hybridized carbons (Fsp3) is 0.909. The van der Waals surface area contributed by atoms with Crippen molar-refractivity contribution in [3.8, 4) is 0 Å². The number of nitrogens with zero attached hydrogens (tertiary/aromatic N) is 6. The summed E-state index contributed by atoms with van der Waals surface area (Å²) in [6, 6.07) is 4.14. The number of fused-ring (bicyclic) bond motifs is 2. The molecule has 6 saturated heterocycles. The zero-order valence-corrected chi connectivity index (χ0v) is 34.7. The Morgan fingerprint density at radius 3 is 1.34 bits per heavy atom. The van der Waals surface area contributed by atoms with Crippen molar-refractivity contribution in [3.63, 3.8) is 0 Å². The minimum Gasteiger partial charge on any atom is -0.343 e. The summed E-state index contributed by atoms with van der Waals surface area (Å²) in [7, 11) is 0. The summed E-state index contributed by atoms with van der Waals surface area (Å²) >= 11 is 0. The molecule has 0 unspecified atom stereocenters. The summed E-state index contributed by atoms with van der Waals surface area (Å²) in [5.74, 6) is 1.08. The molecule has 6 aliphatic heterocycles. The highest BCUT2D eigenvalue weighted by Gasteiger charge is 2.46. The molecule has 6 amide bonds. The molecule has 9 fully saturated rings. The Labute approximate surface area is 337 Å². The van der Waals surface area contributed by atoms with E-state index in [0.29, 0.717) is 72.5 Å². The molecule has 3 aliphatic carbocycles. The number of hydrogen-bond donors (Lipinski definition) is 2. The number of urea groups is 2. The van der Waals surface area contributed by atoms with E-state index in [1.165, 1.54) is 51.4 Å². The first-order chi connectivity index (χ1) is 27.4. The quantitative estimate of drug-likeness (QED) is 0.351. The first-order valence-electron chi connectivity index (χ1n) is 23.6. The maximum Gasteiger partial charge on any atom is 0.318 e. The van der Waals surface area contributed by atoms with Crippen LogP contribution in [0, 0.1) is 5.92 Å². The van der Waals surface area contributed by atoms with Crippen LogP contribution < -0.4 is 10.6 Å². The van der Waals surface area contributed by atoms with Crippen molar-refractivity contribution in [2.75, 3.05) is 52.4 Å². The third-order valence-electron chi connectivity index (χ3n) is 15.8. The maximum absolute atomic E-state index is 12.7. The van der Waals surface area contributed by atoms with Gasteiger partial charge < -0.3 is 40.0 Å². The molecule has 0 bridgehead atoms. The van der Waals surface area contributed by atoms with Gasteiger partial charge in [0, 0.05) is 88.9 Å². The fourth-order valence-corrected chi connectivity index (χ4v) is 12.7. The Morgan fingerprint density at radius 1 is 0.500 bits per heavy atom. The summed E-state index contributed by atoms with van der Waals surface area (Å²) in [6.07, 6.45) is 24.9. The third kappa shape index (κ3) is 8.86. The molecule has 3 saturated carbocycles. The van der Waals surface area contributed by atoms with Gasteiger partial charge in [-0.25, -0.2) is 9.59 Å². The molecule has 12 heteroatoms. The van der Waals surface area contributed by atoms with Crippen molar-refractivity contribution in [2.45, 2.75) is 197 Å². The lowest BCUT2D eigenvalue weighted by molar-refractivity contribution is -0.137. The smallest absolute Gasteiger partial charge is 0.318 e. The fourth-order valence-electron chi connectivity index (χ4n) is 12.7. The highest BCUT2D eigenvalue weighted by molar-refractivity contribution is 5.80. The molecule has 9 aliphatic rings. The van der Waals surface area contributed by atoms with Gasteiger partial charge in [0.05, 0.1) is 24.2 Å². The summed E-state index contributed by atoms with van der Waals surface area (Å²) < 4.78 is 0. The maximum atomic E-state index is 12.7. The van der Waals surface area contributed by atoms with Gasteiger partial charge in [-0.05, 0) is 96.3 Å². The average molecular weight is 779 g/mol. The predicted molar refractivity (Wildman–Crippen MR) is 218 cm³/mol. The summed E-state index contributed by atoms with van der Waals surface area (Å²) in [5, 5.41) is 6.49. The van der Waals surface area contributed by atoms with Gasteiger partial charge >= 0.3 is 12.1 Å². The Morgan fingerprint density at radius 2 is 0.893 bits per heavy atom. The van der Waals surface area contributed by atoms with Crippen LogP contribution >= 0.6 is 0 Å². The Hall–Kier alpha value is -2.60. The normalized spacial score (nSPS) is 32.2. The van der Waals surface area contributed by atoms with E-state index in [4.69, 9.17) is 0 Å². The van der Waals surface area contributed by atoms with E-state index in [2.05, 4.69) is 47.0 Å². The SMILES string of the molecule is CCCC(=O)N1CCC(N2CCC(N3C(=O)N[C@@H]4CCCC[C@H]43)CC2)CC1.O=C(C1CCCC1)N1CCC(N2CCC(N3C(=O)N[C@@H]4CCCC[C@H]43)CC2)CC1. The average Bonchev–Trinajstić information content (AvgIpc) is 3.98. The van der Waals surface area contributed by atoms with E-state index in [1.54, 1.807) is 0 Å². The summed E-state index contributed by atoms with van der Waals surface area (Å²) in [4.78, 5) is 63.8. The second-order valence-corrected chi connectivity index (χ2v) is 19.1. The van der Waals surface area contributed by atoms with Gasteiger partial charge in [0.1, 0.15) is 0 Å². The number of amides is 6. The monoisotopic (exact) mass is 779 g/mol. The van der Waals surface area contributed by atoms with E-state index in [1.807, 2.05) is 0 Å². The van der Waals surface area contributed by atoms with E-state index >= 15 is 0 Å². The van der Waals surface area contributed by atoms with E-state index in [9.17, 15) is 19.2 Å². The van der Waals surface area contributed by atoms with Crippen LogP contribution in [0.1, 0.15) is 148 Å². The van der Waals surface area contributed by atoms with Gasteiger partial charge in [0.15, 0.2) is 0 Å². The van der Waals surface area contributed by atoms with Crippen LogP contribution in [0.2, 0.25) is 0 Å². The van der Waals surface area contributed by atoms with Crippen LogP contribution in [-0.4, -0.2) is 154 Å². The first-order valence-corrected chi connectivity index (χ1v) is 23.6. The number of carbonyl (C=O) groups excluding carboxylic acids is 4. The Balaban J connectivity index is 0.000000158. The van der Waals surface area contributed by atoms with Crippen molar-refractivity contribution < 1.29 is 19.2 Å². The van der Waals surface area contributed by atoms with Crippen LogP contribution in [0.15, 0.2) is 0 Å². The molecule has 314 valence electrons. The summed E-state index contributed by atoms with van der Waals surface area (Å²) in [6.45, 7) is 10.2. The van der Waals surface area contributed by atoms with Gasteiger partial charge in [-0.2, -0.15) is 0 Å². The van der Waals surface area contributed by atoms with Crippen molar-refractivity contribution in [3.05, 3.63) is 0 Å². The van der Waals surface area contributed by atoms with Gasteiger partial charge in [-0.15, -0.1) is 0 Å². The van der Waals surface area contributed by atoms with E-state index in [0.717, 1.165) is 136 Å². The number of likely N-dealkylation sites (tertiary alicyclic amines) is 4. The minimum absolute atomic E-state index is 0.188. The number of piperidine rings is 4. The third-order valence-corrected chi connectivity index (χ3v) is 15.8. The minimum atomic E-state index is 0.188. The van der Waals surface area contributed by atoms with E-state index in [-0.39, 0.29) is 12.1 Å². The van der Waals surface area contributed by atoms with Crippen LogP contribution in [0.5, 0.6) is 0 Å². The largest absolute Gasteiger partial charge is 0.343 e. The Kier molecular flexibility index (Phi) is 13.3. The molecular formula is C44H74N8O4. The van der Waals surface area contributed by atoms with Crippen LogP contribution in [0.4, 0.5) is 9.59 Å². The topological polar surface area (TPSA) is 112 Å². The van der Waals surface area contributed by atoms with E-state index < -0.39 is 0 Å². The lowest BCUT2D eigenvalue weighted by atomic mass is 9.89. The first kappa shape index (κ1) is 40.2. The molecule has 2 N–H and O–H groups in total. The van der Waals surface area contributed by atoms with Crippen LogP contribution in [0.3, 0.4) is 0 Å². The van der Waals surface area contributed by atoms with Crippen LogP contribution in [-0.2, 0) is 9.59 Å². The zero-order chi connectivity index (χ0) is 38.6. The van der Waals surface area contributed by atoms with Crippen molar-refractivity contribution in [1.29, 1.82) is 0 Å². The van der Waals surface area contributed by atoms with Crippen molar-refractivity contribution in [1.82, 2.24) is 40.0 Å². The predicted octanol–water partition coefficient (Wildman–Crippen LogP) is 5.55. The van der Waals surface area contributed by atoms with Gasteiger partial charge in [0.2, 0.25) is 11.8 Å². The van der Waals surface area contributed by atoms with Gasteiger partial charge in [-0.3, -0.25) is 9.59 Å². The molecule has 0 aromatic heterocycles. The van der Waals surface area contributed by atoms with Crippen LogP contribution in [0.25, 0.3) is 0 Å². The lowest BCUT2D eigenvalue weighted by Gasteiger charge is -2.44. The molecule has 6 heterocycles. The van der Waals surface area contributed by atoms with Crippen molar-refractivity contribution in [2.24, 2.45) is 5.92 Å². The molecule has 0 radical (unpaired) electrons. The molecule has 0 aromatic rings. The number of hydrogen-bond acceptors (Lipinski definition) is 6. The molecular weight excluding hydrogens is 705 g/mol. The van der Waals surface area contributed by atoms with Gasteiger partial charge in [-0.1, -0.05) is 45.4 Å². The summed E-state index contributed by atoms with van der Waals surface area (Å²) in [5.41, 5.74) is 0. The molecule has 12 nitrogen and oxygen atoms in total. The molecule has 9 rings (SSSR count). The standard InChI is InChI=1S/C23H38N4O2.C21H36N4O2/c28-22(17-5-1-2-6-17)26-15-9-18(10-16-26)25-13-11-19(12-14-25)27-21-8-4-3-7-20(21)24-23(27)29;1-2-5-20(26)24-14-8-16(9-15-24)23-12-10-17(11-13-23)25-19-7-4-3-6-18(19)22-21(25)27/h17-21H,1-16H2,(H,24,29);16-19H,2-15H2,1H3,(H,22,27)/t20-,21-;18-,19-/m11/s1. The second kappa shape index (κ2) is 18.5. The number of rotatable bonds is 7. The lowest BCUT2D eigenvalue weighted by Crippen LogP contribution is -2.54. The highest BCUT2D eigenvalue weighted by Crippen LogP contribution is 2.35. The molecule has 56 heavy (non-hydrogen) atoms. The zero-order valence-electron chi connectivity index (χ0n) is 34.7. The number of carbonyl (C=O) groups is 4.